The Labute approximate surface area is 172 Å². The molecule has 2 rings (SSSR count). The van der Waals surface area contributed by atoms with Gasteiger partial charge in [-0.3, -0.25) is 9.10 Å². The third-order valence-electron chi connectivity index (χ3n) is 4.46. The summed E-state index contributed by atoms with van der Waals surface area (Å²) in [7, 11) is -6.95. The Morgan fingerprint density at radius 3 is 1.97 bits per heavy atom. The van der Waals surface area contributed by atoms with Crippen LogP contribution in [-0.2, 0) is 24.7 Å². The van der Waals surface area contributed by atoms with Crippen molar-refractivity contribution in [2.45, 2.75) is 31.2 Å². The average molecular weight is 439 g/mol. The Balaban J connectivity index is 2.18. The van der Waals surface area contributed by atoms with Gasteiger partial charge in [-0.05, 0) is 43.2 Å². The molecule has 0 saturated heterocycles. The number of hydrogen-bond acceptors (Lipinski definition) is 5. The lowest BCUT2D eigenvalue weighted by molar-refractivity contribution is -0.120. The van der Waals surface area contributed by atoms with Crippen molar-refractivity contribution in [3.8, 4) is 0 Å². The van der Waals surface area contributed by atoms with E-state index in [2.05, 4.69) is 5.32 Å². The van der Waals surface area contributed by atoms with E-state index < -0.39 is 25.8 Å². The number of nitrogens with zero attached hydrogens (tertiary/aromatic N) is 1. The Morgan fingerprint density at radius 1 is 0.966 bits per heavy atom. The minimum Gasteiger partial charge on any atom is -0.348 e. The number of anilines is 1. The van der Waals surface area contributed by atoms with Gasteiger partial charge in [-0.15, -0.1) is 0 Å². The Bertz CT molecular complexity index is 1060. The van der Waals surface area contributed by atoms with Crippen LogP contribution in [0, 0.1) is 6.92 Å². The zero-order valence-electron chi connectivity index (χ0n) is 16.9. The lowest BCUT2D eigenvalue weighted by atomic mass is 10.0. The van der Waals surface area contributed by atoms with Crippen molar-refractivity contribution in [3.05, 3.63) is 59.7 Å². The largest absolute Gasteiger partial charge is 0.348 e. The van der Waals surface area contributed by atoms with Crippen molar-refractivity contribution in [1.82, 2.24) is 5.32 Å². The first-order valence-electron chi connectivity index (χ1n) is 9.05. The summed E-state index contributed by atoms with van der Waals surface area (Å²) in [5, 5.41) is 2.83. The van der Waals surface area contributed by atoms with Gasteiger partial charge in [0.15, 0.2) is 9.84 Å². The molecule has 0 unspecified atom stereocenters. The van der Waals surface area contributed by atoms with Crippen LogP contribution in [0.25, 0.3) is 0 Å². The van der Waals surface area contributed by atoms with Crippen LogP contribution >= 0.6 is 0 Å². The number of rotatable bonds is 8. The van der Waals surface area contributed by atoms with Gasteiger partial charge in [0.25, 0.3) is 0 Å². The van der Waals surface area contributed by atoms with Crippen LogP contribution in [0.1, 0.15) is 30.5 Å². The molecule has 1 N–H and O–H groups in total. The molecule has 0 aliphatic heterocycles. The van der Waals surface area contributed by atoms with Gasteiger partial charge in [0.1, 0.15) is 6.54 Å². The molecule has 9 heteroatoms. The molecule has 0 aliphatic rings. The average Bonchev–Trinajstić information content (AvgIpc) is 2.63. The van der Waals surface area contributed by atoms with E-state index in [1.165, 1.54) is 12.1 Å². The van der Waals surface area contributed by atoms with E-state index in [0.29, 0.717) is 12.1 Å². The predicted octanol–water partition coefficient (Wildman–Crippen LogP) is 2.43. The van der Waals surface area contributed by atoms with Crippen LogP contribution in [0.3, 0.4) is 0 Å². The summed E-state index contributed by atoms with van der Waals surface area (Å²) in [6.07, 6.45) is 2.75. The van der Waals surface area contributed by atoms with Crippen molar-refractivity contribution in [2.75, 3.05) is 23.4 Å². The molecule has 0 saturated carbocycles. The summed E-state index contributed by atoms with van der Waals surface area (Å²) in [5.41, 5.74) is 2.14. The van der Waals surface area contributed by atoms with Crippen LogP contribution in [0.5, 0.6) is 0 Å². The summed E-state index contributed by atoms with van der Waals surface area (Å²) >= 11 is 0. The van der Waals surface area contributed by atoms with Crippen molar-refractivity contribution in [2.24, 2.45) is 0 Å². The van der Waals surface area contributed by atoms with Crippen LogP contribution in [0.15, 0.2) is 53.4 Å². The fraction of sp³-hybridized carbons (Fsp3) is 0.350. The number of aryl methyl sites for hydroxylation is 1. The zero-order chi connectivity index (χ0) is 21.8. The van der Waals surface area contributed by atoms with Gasteiger partial charge < -0.3 is 5.32 Å². The van der Waals surface area contributed by atoms with E-state index in [-0.39, 0.29) is 17.5 Å². The number of hydrogen-bond donors (Lipinski definition) is 1. The normalized spacial score (nSPS) is 13.0. The van der Waals surface area contributed by atoms with Crippen LogP contribution < -0.4 is 9.62 Å². The van der Waals surface area contributed by atoms with E-state index in [0.717, 1.165) is 27.9 Å². The molecule has 2 aromatic carbocycles. The summed E-state index contributed by atoms with van der Waals surface area (Å²) in [6.45, 7) is 3.42. The molecular weight excluding hydrogens is 412 g/mol. The monoisotopic (exact) mass is 438 g/mol. The lowest BCUT2D eigenvalue weighted by Gasteiger charge is -2.24. The Kier molecular flexibility index (Phi) is 7.07. The van der Waals surface area contributed by atoms with Gasteiger partial charge >= 0.3 is 0 Å². The van der Waals surface area contributed by atoms with E-state index in [4.69, 9.17) is 0 Å². The number of benzene rings is 2. The number of sulfone groups is 1. The molecule has 0 aromatic heterocycles. The molecule has 1 atom stereocenters. The van der Waals surface area contributed by atoms with E-state index >= 15 is 0 Å². The highest BCUT2D eigenvalue weighted by molar-refractivity contribution is 7.92. The predicted molar refractivity (Wildman–Crippen MR) is 114 cm³/mol. The maximum Gasteiger partial charge on any atom is 0.241 e. The van der Waals surface area contributed by atoms with E-state index in [1.807, 2.05) is 13.8 Å². The van der Waals surface area contributed by atoms with Gasteiger partial charge in [0.2, 0.25) is 15.9 Å². The number of nitrogens with one attached hydrogen (secondary N) is 1. The fourth-order valence-corrected chi connectivity index (χ4v) is 4.34. The summed E-state index contributed by atoms with van der Waals surface area (Å²) < 4.78 is 48.7. The zero-order valence-corrected chi connectivity index (χ0v) is 18.5. The fourth-order valence-electron chi connectivity index (χ4n) is 2.85. The van der Waals surface area contributed by atoms with E-state index in [1.54, 1.807) is 36.4 Å². The van der Waals surface area contributed by atoms with Crippen LogP contribution in [0.2, 0.25) is 0 Å². The molecule has 0 bridgehead atoms. The molecule has 29 heavy (non-hydrogen) atoms. The van der Waals surface area contributed by atoms with Gasteiger partial charge in [-0.2, -0.15) is 0 Å². The van der Waals surface area contributed by atoms with Gasteiger partial charge in [-0.1, -0.05) is 36.8 Å². The van der Waals surface area contributed by atoms with Gasteiger partial charge in [-0.25, -0.2) is 16.8 Å². The lowest BCUT2D eigenvalue weighted by Crippen LogP contribution is -2.41. The maximum atomic E-state index is 12.6. The number of carbonyl (C=O) groups is 1. The maximum absolute atomic E-state index is 12.6. The number of carbonyl (C=O) groups excluding carboxylic acids is 1. The highest BCUT2D eigenvalue weighted by Crippen LogP contribution is 2.21. The number of amides is 1. The summed E-state index contributed by atoms with van der Waals surface area (Å²) in [4.78, 5) is 12.8. The quantitative estimate of drug-likeness (QED) is 0.682. The van der Waals surface area contributed by atoms with Crippen LogP contribution in [0.4, 0.5) is 5.69 Å². The Hall–Kier alpha value is -2.39. The molecular formula is C20H26N2O5S2. The molecule has 7 nitrogen and oxygen atoms in total. The van der Waals surface area contributed by atoms with Crippen molar-refractivity contribution < 1.29 is 21.6 Å². The first-order chi connectivity index (χ1) is 13.4. The topological polar surface area (TPSA) is 101 Å². The van der Waals surface area contributed by atoms with Gasteiger partial charge in [0.05, 0.1) is 22.9 Å². The summed E-state index contributed by atoms with van der Waals surface area (Å²) in [6, 6.07) is 12.8. The molecule has 0 aliphatic carbocycles. The first-order valence-corrected chi connectivity index (χ1v) is 12.8. The van der Waals surface area contributed by atoms with Crippen molar-refractivity contribution in [1.29, 1.82) is 0 Å². The molecule has 0 heterocycles. The standard InChI is InChI=1S/C20H26N2O5S2/c1-5-19(16-8-12-18(13-9-16)28(3,24)25)21-20(23)14-22(29(4,26)27)17-10-6-15(2)7-11-17/h6-13,19H,5,14H2,1-4H3,(H,21,23)/t19-/m0/s1. The molecule has 0 fully saturated rings. The Morgan fingerprint density at radius 2 is 1.52 bits per heavy atom. The highest BCUT2D eigenvalue weighted by Gasteiger charge is 2.22. The molecule has 2 aromatic rings. The minimum absolute atomic E-state index is 0.199. The molecule has 0 spiro atoms. The minimum atomic E-state index is -3.65. The smallest absolute Gasteiger partial charge is 0.241 e. The second-order valence-corrected chi connectivity index (χ2v) is 10.9. The molecule has 0 radical (unpaired) electrons. The second-order valence-electron chi connectivity index (χ2n) is 6.97. The third-order valence-corrected chi connectivity index (χ3v) is 6.73. The van der Waals surface area contributed by atoms with Gasteiger partial charge in [0, 0.05) is 6.26 Å². The van der Waals surface area contributed by atoms with Crippen molar-refractivity contribution >= 4 is 31.5 Å². The number of sulfonamides is 1. The van der Waals surface area contributed by atoms with Crippen molar-refractivity contribution in [3.63, 3.8) is 0 Å². The second kappa shape index (κ2) is 8.96. The highest BCUT2D eigenvalue weighted by atomic mass is 32.2. The first kappa shape index (κ1) is 22.9. The summed E-state index contributed by atoms with van der Waals surface area (Å²) in [5.74, 6) is -0.449. The van der Waals surface area contributed by atoms with Crippen LogP contribution in [-0.4, -0.2) is 41.8 Å². The third kappa shape index (κ3) is 6.30. The molecule has 158 valence electrons. The molecule has 1 amide bonds. The van der Waals surface area contributed by atoms with E-state index in [9.17, 15) is 21.6 Å². The SMILES string of the molecule is CC[C@H](NC(=O)CN(c1ccc(C)cc1)S(C)(=O)=O)c1ccc(S(C)(=O)=O)cc1.